The summed E-state index contributed by atoms with van der Waals surface area (Å²) >= 11 is 0. The van der Waals surface area contributed by atoms with E-state index in [4.69, 9.17) is 5.11 Å². The number of carbonyl (C=O) groups excluding carboxylic acids is 1. The molecule has 0 aliphatic heterocycles. The first-order valence-electron chi connectivity index (χ1n) is 2.67. The molecule has 0 fully saturated rings. The Bertz CT molecular complexity index is 107. The fourth-order valence-electron chi connectivity index (χ4n) is 0.378. The first-order valence-corrected chi connectivity index (χ1v) is 2.67. The van der Waals surface area contributed by atoms with Crippen molar-refractivity contribution in [2.75, 3.05) is 7.11 Å². The molecule has 0 atom stereocenters. The van der Waals surface area contributed by atoms with E-state index in [0.29, 0.717) is 12.8 Å². The van der Waals surface area contributed by atoms with Crippen LogP contribution in [0.3, 0.4) is 0 Å². The minimum atomic E-state index is -0.256. The van der Waals surface area contributed by atoms with Crippen LogP contribution in [0.1, 0.15) is 12.8 Å². The van der Waals surface area contributed by atoms with Crippen molar-refractivity contribution in [1.29, 1.82) is 0 Å². The molecule has 0 unspecified atom stereocenters. The fourth-order valence-corrected chi connectivity index (χ4v) is 0.378. The third-order valence-electron chi connectivity index (χ3n) is 0.848. The maximum atomic E-state index is 10.3. The van der Waals surface area contributed by atoms with Gasteiger partial charge in [-0.15, -0.1) is 0 Å². The van der Waals surface area contributed by atoms with Gasteiger partial charge in [0.15, 0.2) is 0 Å². The third-order valence-corrected chi connectivity index (χ3v) is 0.848. The van der Waals surface area contributed by atoms with Gasteiger partial charge >= 0.3 is 5.97 Å². The summed E-state index contributed by atoms with van der Waals surface area (Å²) in [7, 11) is 1.34. The van der Waals surface area contributed by atoms with E-state index in [2.05, 4.69) is 4.74 Å². The van der Waals surface area contributed by atoms with E-state index < -0.39 is 0 Å². The van der Waals surface area contributed by atoms with Crippen LogP contribution in [-0.2, 0) is 9.53 Å². The molecule has 0 heterocycles. The van der Waals surface area contributed by atoms with Crippen molar-refractivity contribution in [2.45, 2.75) is 12.8 Å². The largest absolute Gasteiger partial charge is 0.516 e. The van der Waals surface area contributed by atoms with Gasteiger partial charge in [0.2, 0.25) is 0 Å². The number of aliphatic hydroxyl groups is 1. The molecule has 3 heteroatoms. The van der Waals surface area contributed by atoms with Crippen LogP contribution >= 0.6 is 0 Å². The summed E-state index contributed by atoms with van der Waals surface area (Å²) in [6.45, 7) is 0. The lowest BCUT2D eigenvalue weighted by Gasteiger charge is -1.92. The van der Waals surface area contributed by atoms with Gasteiger partial charge in [0.1, 0.15) is 0 Å². The van der Waals surface area contributed by atoms with Gasteiger partial charge in [-0.25, -0.2) is 0 Å². The molecule has 0 aliphatic carbocycles. The molecule has 0 aliphatic rings. The van der Waals surface area contributed by atoms with Gasteiger partial charge in [-0.2, -0.15) is 0 Å². The Balaban J connectivity index is 3.17. The molecule has 0 amide bonds. The lowest BCUT2D eigenvalue weighted by atomic mass is 10.3. The summed E-state index contributed by atoms with van der Waals surface area (Å²) in [4.78, 5) is 10.3. The van der Waals surface area contributed by atoms with Crippen molar-refractivity contribution >= 4 is 5.97 Å². The van der Waals surface area contributed by atoms with Crippen molar-refractivity contribution in [1.82, 2.24) is 0 Å². The second-order valence-corrected chi connectivity index (χ2v) is 1.50. The van der Waals surface area contributed by atoms with E-state index in [1.807, 2.05) is 0 Å². The highest BCUT2D eigenvalue weighted by atomic mass is 16.5. The molecule has 52 valence electrons. The predicted octanol–water partition coefficient (Wildman–Crippen LogP) is 1.01. The zero-order valence-corrected chi connectivity index (χ0v) is 5.33. The minimum Gasteiger partial charge on any atom is -0.516 e. The van der Waals surface area contributed by atoms with Gasteiger partial charge in [0.25, 0.3) is 0 Å². The average molecular weight is 130 g/mol. The van der Waals surface area contributed by atoms with Gasteiger partial charge < -0.3 is 9.84 Å². The maximum absolute atomic E-state index is 10.3. The monoisotopic (exact) mass is 130 g/mol. The molecule has 0 bridgehead atoms. The van der Waals surface area contributed by atoms with Gasteiger partial charge in [-0.3, -0.25) is 4.79 Å². The van der Waals surface area contributed by atoms with Crippen molar-refractivity contribution in [3.05, 3.63) is 12.3 Å². The molecule has 0 aromatic rings. The predicted molar refractivity (Wildman–Crippen MR) is 33.0 cm³/mol. The normalized spacial score (nSPS) is 9.89. The summed E-state index contributed by atoms with van der Waals surface area (Å²) in [6, 6.07) is 0. The maximum Gasteiger partial charge on any atom is 0.305 e. The standard InChI is InChI=1S/C6H10O3/c1-9-6(8)4-2-3-5-7/h3,5,7H,2,4H2,1H3. The lowest BCUT2D eigenvalue weighted by molar-refractivity contribution is -0.140. The molecule has 0 aromatic carbocycles. The molecule has 0 radical (unpaired) electrons. The summed E-state index contributed by atoms with van der Waals surface area (Å²) in [6.07, 6.45) is 3.27. The molecule has 0 aromatic heterocycles. The highest BCUT2D eigenvalue weighted by Gasteiger charge is 1.94. The van der Waals surface area contributed by atoms with Crippen LogP contribution in [0, 0.1) is 0 Å². The van der Waals surface area contributed by atoms with E-state index in [0.717, 1.165) is 6.26 Å². The molecule has 1 N–H and O–H groups in total. The first-order chi connectivity index (χ1) is 4.31. The van der Waals surface area contributed by atoms with Crippen LogP contribution < -0.4 is 0 Å². The Morgan fingerprint density at radius 1 is 1.78 bits per heavy atom. The number of aliphatic hydroxyl groups excluding tert-OH is 1. The van der Waals surface area contributed by atoms with Gasteiger partial charge in [0.05, 0.1) is 13.4 Å². The minimum absolute atomic E-state index is 0.256. The number of rotatable bonds is 3. The van der Waals surface area contributed by atoms with Crippen LogP contribution in [0.2, 0.25) is 0 Å². The summed E-state index contributed by atoms with van der Waals surface area (Å²) in [5, 5.41) is 8.12. The highest BCUT2D eigenvalue weighted by molar-refractivity contribution is 5.69. The van der Waals surface area contributed by atoms with Crippen LogP contribution in [0.15, 0.2) is 12.3 Å². The fraction of sp³-hybridized carbons (Fsp3) is 0.500. The molecular formula is C6H10O3. The van der Waals surface area contributed by atoms with Crippen molar-refractivity contribution in [2.24, 2.45) is 0 Å². The van der Waals surface area contributed by atoms with E-state index in [1.54, 1.807) is 0 Å². The van der Waals surface area contributed by atoms with Crippen molar-refractivity contribution in [3.63, 3.8) is 0 Å². The number of hydrogen-bond acceptors (Lipinski definition) is 3. The molecule has 3 nitrogen and oxygen atoms in total. The molecule has 0 rings (SSSR count). The number of ether oxygens (including phenoxy) is 1. The van der Waals surface area contributed by atoms with Crippen molar-refractivity contribution in [3.8, 4) is 0 Å². The number of methoxy groups -OCH3 is 1. The Labute approximate surface area is 53.9 Å². The topological polar surface area (TPSA) is 46.5 Å². The molecular weight excluding hydrogens is 120 g/mol. The second-order valence-electron chi connectivity index (χ2n) is 1.50. The lowest BCUT2D eigenvalue weighted by Crippen LogP contribution is -1.97. The van der Waals surface area contributed by atoms with E-state index in [-0.39, 0.29) is 5.97 Å². The van der Waals surface area contributed by atoms with E-state index in [1.165, 1.54) is 13.2 Å². The highest BCUT2D eigenvalue weighted by Crippen LogP contribution is 1.91. The zero-order chi connectivity index (χ0) is 7.11. The number of allylic oxidation sites excluding steroid dienone is 1. The number of esters is 1. The number of carbonyl (C=O) groups is 1. The Morgan fingerprint density at radius 2 is 2.44 bits per heavy atom. The smallest absolute Gasteiger partial charge is 0.305 e. The zero-order valence-electron chi connectivity index (χ0n) is 5.33. The third kappa shape index (κ3) is 4.87. The summed E-state index contributed by atoms with van der Waals surface area (Å²) < 4.78 is 4.34. The van der Waals surface area contributed by atoms with Gasteiger partial charge in [-0.1, -0.05) is 0 Å². The van der Waals surface area contributed by atoms with Crippen LogP contribution in [-0.4, -0.2) is 18.2 Å². The van der Waals surface area contributed by atoms with Gasteiger partial charge in [0, 0.05) is 6.42 Å². The van der Waals surface area contributed by atoms with Crippen LogP contribution in [0.5, 0.6) is 0 Å². The van der Waals surface area contributed by atoms with E-state index in [9.17, 15) is 4.79 Å². The quantitative estimate of drug-likeness (QED) is 0.458. The molecule has 0 saturated carbocycles. The second kappa shape index (κ2) is 5.15. The Morgan fingerprint density at radius 3 is 2.89 bits per heavy atom. The van der Waals surface area contributed by atoms with E-state index >= 15 is 0 Å². The van der Waals surface area contributed by atoms with Gasteiger partial charge in [-0.05, 0) is 12.5 Å². The molecule has 0 saturated heterocycles. The van der Waals surface area contributed by atoms with Crippen LogP contribution in [0.25, 0.3) is 0 Å². The average Bonchev–Trinajstić information content (AvgIpc) is 1.89. The Hall–Kier alpha value is -0.990. The van der Waals surface area contributed by atoms with Crippen LogP contribution in [0.4, 0.5) is 0 Å². The Kier molecular flexibility index (Phi) is 4.59. The summed E-state index contributed by atoms with van der Waals surface area (Å²) in [5.41, 5.74) is 0. The molecule has 0 spiro atoms. The number of hydrogen-bond donors (Lipinski definition) is 1. The SMILES string of the molecule is COC(=O)CCC=CO. The van der Waals surface area contributed by atoms with Crippen molar-refractivity contribution < 1.29 is 14.6 Å². The first kappa shape index (κ1) is 8.01. The molecule has 9 heavy (non-hydrogen) atoms. The summed E-state index contributed by atoms with van der Waals surface area (Å²) in [5.74, 6) is -0.256.